The Morgan fingerprint density at radius 1 is 1.55 bits per heavy atom. The van der Waals surface area contributed by atoms with Crippen molar-refractivity contribution in [3.05, 3.63) is 0 Å². The maximum Gasteiger partial charge on any atom is 0.139 e. The van der Waals surface area contributed by atoms with Crippen molar-refractivity contribution in [2.75, 3.05) is 0 Å². The highest BCUT2D eigenvalue weighted by Crippen LogP contribution is 2.63. The van der Waals surface area contributed by atoms with Crippen LogP contribution in [-0.4, -0.2) is 5.78 Å². The molecule has 0 heterocycles. The van der Waals surface area contributed by atoms with Crippen LogP contribution in [0.3, 0.4) is 0 Å². The fourth-order valence-corrected chi connectivity index (χ4v) is 2.58. The summed E-state index contributed by atoms with van der Waals surface area (Å²) in [6.07, 6.45) is 1.43. The Morgan fingerprint density at radius 3 is 2.45 bits per heavy atom. The van der Waals surface area contributed by atoms with E-state index in [0.717, 1.165) is 6.42 Å². The lowest BCUT2D eigenvalue weighted by Crippen LogP contribution is -2.32. The maximum atomic E-state index is 11.6. The maximum absolute atomic E-state index is 11.6. The second-order valence-electron chi connectivity index (χ2n) is 4.73. The Morgan fingerprint density at radius 2 is 2.18 bits per heavy atom. The molecule has 2 rings (SSSR count). The third-order valence-corrected chi connectivity index (χ3v) is 4.18. The molecule has 11 heavy (non-hydrogen) atoms. The van der Waals surface area contributed by atoms with Crippen LogP contribution in [0.4, 0.5) is 0 Å². The highest BCUT2D eigenvalue weighted by Gasteiger charge is 2.61. The molecule has 0 aliphatic heterocycles. The first-order chi connectivity index (χ1) is 5.39. The Hall–Kier alpha value is -0.330. The predicted octanol–water partition coefficient (Wildman–Crippen LogP) is 2.40. The standard InChI is InChI=1S/C10H16O/c1-9(2)7-4-5-10(9,3)8(11)6-7/h7H,4-6H2,1-3H3/i4D. The molecule has 0 aromatic heterocycles. The zero-order valence-electron chi connectivity index (χ0n) is 8.48. The summed E-state index contributed by atoms with van der Waals surface area (Å²) in [6, 6.07) is 0. The van der Waals surface area contributed by atoms with Gasteiger partial charge in [-0.2, -0.15) is 0 Å². The molecule has 2 aliphatic rings. The fourth-order valence-electron chi connectivity index (χ4n) is 2.58. The highest BCUT2D eigenvalue weighted by molar-refractivity contribution is 5.89. The molecule has 0 aromatic rings. The van der Waals surface area contributed by atoms with E-state index in [0.29, 0.717) is 18.1 Å². The van der Waals surface area contributed by atoms with E-state index in [-0.39, 0.29) is 17.2 Å². The first-order valence-corrected chi connectivity index (χ1v) is 4.35. The summed E-state index contributed by atoms with van der Waals surface area (Å²) in [5.41, 5.74) is -0.124. The summed E-state index contributed by atoms with van der Waals surface area (Å²) < 4.78 is 7.84. The number of hydrogen-bond donors (Lipinski definition) is 0. The normalized spacial score (nSPS) is 54.8. The van der Waals surface area contributed by atoms with Gasteiger partial charge in [-0.25, -0.2) is 0 Å². The zero-order chi connectivity index (χ0) is 9.15. The van der Waals surface area contributed by atoms with E-state index in [4.69, 9.17) is 1.37 Å². The third-order valence-electron chi connectivity index (χ3n) is 4.18. The van der Waals surface area contributed by atoms with E-state index in [1.807, 2.05) is 6.92 Å². The molecule has 2 aliphatic carbocycles. The number of carbonyl (C=O) groups is 1. The van der Waals surface area contributed by atoms with Gasteiger partial charge in [0.25, 0.3) is 0 Å². The number of rotatable bonds is 0. The monoisotopic (exact) mass is 153 g/mol. The Kier molecular flexibility index (Phi) is 0.961. The topological polar surface area (TPSA) is 17.1 Å². The number of carbonyl (C=O) groups excluding carboxylic acids is 1. The molecule has 0 amide bonds. The van der Waals surface area contributed by atoms with Crippen molar-refractivity contribution in [2.45, 2.75) is 40.0 Å². The molecule has 0 aromatic carbocycles. The minimum atomic E-state index is -0.190. The average Bonchev–Trinajstić information content (AvgIpc) is 2.18. The van der Waals surface area contributed by atoms with E-state index in [1.165, 1.54) is 0 Å². The number of fused-ring (bicyclic) bond motifs is 2. The van der Waals surface area contributed by atoms with E-state index in [1.54, 1.807) is 0 Å². The SMILES string of the molecule is [2H]C1CC2(C)C(=O)CC1C2(C)C. The van der Waals surface area contributed by atoms with Gasteiger partial charge in [-0.15, -0.1) is 0 Å². The molecule has 3 unspecified atom stereocenters. The van der Waals surface area contributed by atoms with Crippen LogP contribution < -0.4 is 0 Å². The fraction of sp³-hybridized carbons (Fsp3) is 0.900. The highest BCUT2D eigenvalue weighted by atomic mass is 16.1. The van der Waals surface area contributed by atoms with Crippen molar-refractivity contribution in [1.29, 1.82) is 0 Å². The molecule has 2 fully saturated rings. The van der Waals surface area contributed by atoms with Crippen molar-refractivity contribution < 1.29 is 6.17 Å². The molecule has 3 atom stereocenters. The molecule has 62 valence electrons. The van der Waals surface area contributed by atoms with Crippen molar-refractivity contribution in [3.63, 3.8) is 0 Å². The molecule has 2 saturated carbocycles. The van der Waals surface area contributed by atoms with Crippen LogP contribution in [0.1, 0.15) is 41.4 Å². The van der Waals surface area contributed by atoms with Crippen LogP contribution in [0.2, 0.25) is 0 Å². The average molecular weight is 153 g/mol. The van der Waals surface area contributed by atoms with Gasteiger partial charge in [-0.3, -0.25) is 4.79 Å². The second kappa shape index (κ2) is 1.70. The van der Waals surface area contributed by atoms with Crippen LogP contribution in [-0.2, 0) is 4.79 Å². The first kappa shape index (κ1) is 6.22. The number of ketones is 1. The summed E-state index contributed by atoms with van der Waals surface area (Å²) in [5.74, 6) is 0.705. The van der Waals surface area contributed by atoms with Gasteiger partial charge >= 0.3 is 0 Å². The number of Topliss-reactive ketones (excluding diaryl/α,β-unsaturated/α-hetero) is 1. The second-order valence-corrected chi connectivity index (χ2v) is 4.73. The summed E-state index contributed by atoms with van der Waals surface area (Å²) in [5, 5.41) is 0. The summed E-state index contributed by atoms with van der Waals surface area (Å²) in [4.78, 5) is 11.6. The lowest BCUT2D eigenvalue weighted by Gasteiger charge is -2.32. The van der Waals surface area contributed by atoms with Crippen molar-refractivity contribution >= 4 is 5.78 Å². The largest absolute Gasteiger partial charge is 0.299 e. The van der Waals surface area contributed by atoms with Gasteiger partial charge in [0, 0.05) is 13.2 Å². The van der Waals surface area contributed by atoms with Gasteiger partial charge in [0.1, 0.15) is 5.78 Å². The van der Waals surface area contributed by atoms with Crippen LogP contribution in [0, 0.1) is 16.7 Å². The predicted molar refractivity (Wildman–Crippen MR) is 44.2 cm³/mol. The van der Waals surface area contributed by atoms with E-state index < -0.39 is 0 Å². The summed E-state index contributed by atoms with van der Waals surface area (Å²) >= 11 is 0. The van der Waals surface area contributed by atoms with Gasteiger partial charge in [-0.05, 0) is 24.2 Å². The molecule has 2 bridgehead atoms. The Balaban J connectivity index is 2.47. The van der Waals surface area contributed by atoms with Crippen molar-refractivity contribution in [3.8, 4) is 0 Å². The minimum Gasteiger partial charge on any atom is -0.299 e. The molecule has 0 radical (unpaired) electrons. The molecule has 1 nitrogen and oxygen atoms in total. The molecule has 0 N–H and O–H groups in total. The summed E-state index contributed by atoms with van der Waals surface area (Å²) in [6.45, 7) is 6.35. The van der Waals surface area contributed by atoms with E-state index in [2.05, 4.69) is 13.8 Å². The lowest BCUT2D eigenvalue weighted by atomic mass is 9.70. The van der Waals surface area contributed by atoms with E-state index in [9.17, 15) is 4.79 Å². The van der Waals surface area contributed by atoms with Crippen molar-refractivity contribution in [2.24, 2.45) is 16.7 Å². The van der Waals surface area contributed by atoms with Crippen LogP contribution in [0.25, 0.3) is 0 Å². The van der Waals surface area contributed by atoms with Gasteiger partial charge in [0.2, 0.25) is 0 Å². The van der Waals surface area contributed by atoms with Gasteiger partial charge in [-0.1, -0.05) is 20.8 Å². The van der Waals surface area contributed by atoms with E-state index >= 15 is 0 Å². The smallest absolute Gasteiger partial charge is 0.139 e. The molecule has 0 saturated heterocycles. The van der Waals surface area contributed by atoms with Gasteiger partial charge in [0.05, 0.1) is 0 Å². The first-order valence-electron chi connectivity index (χ1n) is 4.93. The zero-order valence-corrected chi connectivity index (χ0v) is 7.48. The Bertz CT molecular complexity index is 246. The molecule has 0 spiro atoms. The van der Waals surface area contributed by atoms with Crippen LogP contribution >= 0.6 is 0 Å². The third kappa shape index (κ3) is 0.605. The van der Waals surface area contributed by atoms with Gasteiger partial charge in [0.15, 0.2) is 0 Å². The lowest BCUT2D eigenvalue weighted by molar-refractivity contribution is -0.128. The number of hydrogen-bond acceptors (Lipinski definition) is 1. The van der Waals surface area contributed by atoms with Gasteiger partial charge < -0.3 is 0 Å². The quantitative estimate of drug-likeness (QED) is 0.522. The minimum absolute atomic E-state index is 0.00250. The van der Waals surface area contributed by atoms with Crippen LogP contribution in [0.15, 0.2) is 0 Å². The summed E-state index contributed by atoms with van der Waals surface area (Å²) in [7, 11) is 0. The Labute approximate surface area is 69.6 Å². The molecule has 1 heteroatoms. The van der Waals surface area contributed by atoms with Crippen LogP contribution in [0.5, 0.6) is 0 Å². The van der Waals surface area contributed by atoms with Crippen molar-refractivity contribution in [1.82, 2.24) is 0 Å². The molecular weight excluding hydrogens is 136 g/mol. The molecular formula is C10H16O.